The number of hydrogen-bond acceptors (Lipinski definition) is 5. The number of sulfone groups is 1. The summed E-state index contributed by atoms with van der Waals surface area (Å²) in [6.45, 7) is 4.47. The van der Waals surface area contributed by atoms with Crippen molar-refractivity contribution in [1.29, 1.82) is 0 Å². The Bertz CT molecular complexity index is 610. The number of carbonyl (C=O) groups excluding carboxylic acids is 1. The number of Topliss-reactive ketones (excluding diaryl/α,β-unsaturated/α-hetero) is 1. The van der Waals surface area contributed by atoms with Crippen LogP contribution in [0.1, 0.15) is 31.7 Å². The van der Waals surface area contributed by atoms with Gasteiger partial charge in [0.05, 0.1) is 34.6 Å². The number of aromatic nitrogens is 2. The lowest BCUT2D eigenvalue weighted by atomic mass is 10.1. The summed E-state index contributed by atoms with van der Waals surface area (Å²) in [5.74, 6) is -0.321. The topological polar surface area (TPSA) is 95.0 Å². The third-order valence-electron chi connectivity index (χ3n) is 3.25. The van der Waals surface area contributed by atoms with E-state index in [1.54, 1.807) is 4.68 Å². The molecule has 1 atom stereocenters. The lowest BCUT2D eigenvalue weighted by molar-refractivity contribution is -0.119. The second-order valence-corrected chi connectivity index (χ2v) is 7.68. The number of ketones is 1. The van der Waals surface area contributed by atoms with Crippen LogP contribution in [0.5, 0.6) is 0 Å². The zero-order chi connectivity index (χ0) is 16.2. The summed E-state index contributed by atoms with van der Waals surface area (Å²) >= 11 is 6.23. The molecule has 1 aromatic rings. The number of rotatable bonds is 8. The molecule has 21 heavy (non-hydrogen) atoms. The molecular weight excluding hydrogens is 314 g/mol. The number of carbonyl (C=O) groups is 1. The van der Waals surface area contributed by atoms with Gasteiger partial charge < -0.3 is 5.73 Å². The van der Waals surface area contributed by atoms with Crippen LogP contribution in [0.4, 0.5) is 0 Å². The summed E-state index contributed by atoms with van der Waals surface area (Å²) in [7, 11) is -3.12. The molecule has 1 rings (SSSR count). The minimum Gasteiger partial charge on any atom is -0.321 e. The van der Waals surface area contributed by atoms with Crippen molar-refractivity contribution in [2.24, 2.45) is 5.73 Å². The van der Waals surface area contributed by atoms with Crippen molar-refractivity contribution in [3.63, 3.8) is 0 Å². The largest absolute Gasteiger partial charge is 0.321 e. The molecule has 0 saturated heterocycles. The molecule has 0 radical (unpaired) electrons. The summed E-state index contributed by atoms with van der Waals surface area (Å²) in [5, 5.41) is 4.84. The molecule has 0 aliphatic carbocycles. The number of hydrogen-bond donors (Lipinski definition) is 1. The first-order chi connectivity index (χ1) is 9.69. The number of nitrogens with two attached hydrogens (primary N) is 1. The highest BCUT2D eigenvalue weighted by Crippen LogP contribution is 2.22. The van der Waals surface area contributed by atoms with Gasteiger partial charge in [0.15, 0.2) is 5.78 Å². The van der Waals surface area contributed by atoms with E-state index in [1.807, 2.05) is 13.8 Å². The summed E-state index contributed by atoms with van der Waals surface area (Å²) in [6.07, 6.45) is 2.01. The third kappa shape index (κ3) is 5.09. The van der Waals surface area contributed by atoms with Gasteiger partial charge in [0.25, 0.3) is 0 Å². The van der Waals surface area contributed by atoms with E-state index in [1.165, 1.54) is 0 Å². The maximum absolute atomic E-state index is 12.1. The van der Waals surface area contributed by atoms with Gasteiger partial charge in [0.2, 0.25) is 0 Å². The van der Waals surface area contributed by atoms with E-state index in [-0.39, 0.29) is 24.4 Å². The van der Waals surface area contributed by atoms with E-state index >= 15 is 0 Å². The van der Waals surface area contributed by atoms with Crippen molar-refractivity contribution in [2.45, 2.75) is 45.7 Å². The molecular formula is C13H22ClN3O3S. The van der Waals surface area contributed by atoms with Crippen LogP contribution in [-0.2, 0) is 34.0 Å². The fourth-order valence-corrected chi connectivity index (χ4v) is 3.00. The van der Waals surface area contributed by atoms with Gasteiger partial charge in [-0.05, 0) is 19.8 Å². The second-order valence-electron chi connectivity index (χ2n) is 5.04. The van der Waals surface area contributed by atoms with Crippen LogP contribution in [-0.4, -0.2) is 42.0 Å². The molecule has 120 valence electrons. The van der Waals surface area contributed by atoms with E-state index in [9.17, 15) is 13.2 Å². The fraction of sp³-hybridized carbons (Fsp3) is 0.692. The van der Waals surface area contributed by atoms with Gasteiger partial charge in [0.1, 0.15) is 9.84 Å². The minimum atomic E-state index is -3.12. The van der Waals surface area contributed by atoms with Crippen LogP contribution >= 0.6 is 11.6 Å². The van der Waals surface area contributed by atoms with E-state index < -0.39 is 15.9 Å². The Hall–Kier alpha value is -0.920. The summed E-state index contributed by atoms with van der Waals surface area (Å²) in [4.78, 5) is 12.1. The lowest BCUT2D eigenvalue weighted by Gasteiger charge is -2.11. The Kier molecular flexibility index (Phi) is 6.37. The first kappa shape index (κ1) is 18.1. The summed E-state index contributed by atoms with van der Waals surface area (Å²) < 4.78 is 23.9. The molecule has 1 aromatic heterocycles. The van der Waals surface area contributed by atoms with Crippen LogP contribution < -0.4 is 5.73 Å². The van der Waals surface area contributed by atoms with Gasteiger partial charge in [-0.15, -0.1) is 0 Å². The molecule has 8 heteroatoms. The highest BCUT2D eigenvalue weighted by Gasteiger charge is 2.21. The molecule has 0 aromatic carbocycles. The predicted octanol–water partition coefficient (Wildman–Crippen LogP) is 0.992. The van der Waals surface area contributed by atoms with Gasteiger partial charge in [-0.1, -0.05) is 18.5 Å². The van der Waals surface area contributed by atoms with Crippen LogP contribution in [0.3, 0.4) is 0 Å². The molecule has 1 unspecified atom stereocenters. The van der Waals surface area contributed by atoms with Crippen molar-refractivity contribution in [3.8, 4) is 0 Å². The Balaban J connectivity index is 2.81. The summed E-state index contributed by atoms with van der Waals surface area (Å²) in [5.41, 5.74) is 7.17. The molecule has 6 nitrogen and oxygen atoms in total. The van der Waals surface area contributed by atoms with Crippen molar-refractivity contribution in [1.82, 2.24) is 9.78 Å². The van der Waals surface area contributed by atoms with E-state index in [4.69, 9.17) is 17.3 Å². The van der Waals surface area contributed by atoms with Crippen LogP contribution in [0.15, 0.2) is 0 Å². The van der Waals surface area contributed by atoms with Gasteiger partial charge >= 0.3 is 0 Å². The predicted molar refractivity (Wildman–Crippen MR) is 83.3 cm³/mol. The molecule has 2 N–H and O–H groups in total. The van der Waals surface area contributed by atoms with E-state index in [0.29, 0.717) is 23.7 Å². The fourth-order valence-electron chi connectivity index (χ4n) is 1.98. The Morgan fingerprint density at radius 1 is 1.43 bits per heavy atom. The maximum Gasteiger partial charge on any atom is 0.155 e. The molecule has 0 aliphatic heterocycles. The first-order valence-corrected chi connectivity index (χ1v) is 9.33. The molecule has 0 spiro atoms. The van der Waals surface area contributed by atoms with Crippen molar-refractivity contribution in [3.05, 3.63) is 16.4 Å². The Morgan fingerprint density at radius 2 is 2.05 bits per heavy atom. The Morgan fingerprint density at radius 3 is 2.52 bits per heavy atom. The maximum atomic E-state index is 12.1. The minimum absolute atomic E-state index is 0.0740. The normalized spacial score (nSPS) is 13.4. The summed E-state index contributed by atoms with van der Waals surface area (Å²) in [6, 6.07) is -0.805. The standard InChI is InChI=1S/C13H22ClN3O3S/c1-4-10-13(14)11(17(5-2)16-10)8-12(18)9(15)6-7-21(3,19)20/h9H,4-8,15H2,1-3H3. The van der Waals surface area contributed by atoms with Gasteiger partial charge in [0, 0.05) is 12.8 Å². The molecule has 0 bridgehead atoms. The first-order valence-electron chi connectivity index (χ1n) is 6.89. The van der Waals surface area contributed by atoms with Gasteiger partial charge in [-0.3, -0.25) is 9.48 Å². The average molecular weight is 336 g/mol. The van der Waals surface area contributed by atoms with Crippen molar-refractivity contribution in [2.75, 3.05) is 12.0 Å². The van der Waals surface area contributed by atoms with Gasteiger partial charge in [-0.2, -0.15) is 5.10 Å². The van der Waals surface area contributed by atoms with Gasteiger partial charge in [-0.25, -0.2) is 8.42 Å². The highest BCUT2D eigenvalue weighted by atomic mass is 35.5. The van der Waals surface area contributed by atoms with Crippen LogP contribution in [0, 0.1) is 0 Å². The third-order valence-corrected chi connectivity index (χ3v) is 4.66. The molecule has 1 heterocycles. The smallest absolute Gasteiger partial charge is 0.155 e. The second kappa shape index (κ2) is 7.38. The monoisotopic (exact) mass is 335 g/mol. The zero-order valence-electron chi connectivity index (χ0n) is 12.6. The van der Waals surface area contributed by atoms with Crippen LogP contribution in [0.25, 0.3) is 0 Å². The average Bonchev–Trinajstić information content (AvgIpc) is 2.71. The van der Waals surface area contributed by atoms with Crippen molar-refractivity contribution < 1.29 is 13.2 Å². The number of nitrogens with zero attached hydrogens (tertiary/aromatic N) is 2. The molecule has 0 fully saturated rings. The molecule has 0 aliphatic rings. The number of aryl methyl sites for hydroxylation is 2. The lowest BCUT2D eigenvalue weighted by Crippen LogP contribution is -2.34. The molecule has 0 saturated carbocycles. The SMILES string of the molecule is CCc1nn(CC)c(CC(=O)C(N)CCS(C)(=O)=O)c1Cl. The highest BCUT2D eigenvalue weighted by molar-refractivity contribution is 7.90. The molecule has 0 amide bonds. The van der Waals surface area contributed by atoms with Crippen LogP contribution in [0.2, 0.25) is 5.02 Å². The van der Waals surface area contributed by atoms with Crippen molar-refractivity contribution >= 4 is 27.2 Å². The zero-order valence-corrected chi connectivity index (χ0v) is 14.2. The number of halogens is 1. The van der Waals surface area contributed by atoms with E-state index in [0.717, 1.165) is 11.9 Å². The van der Waals surface area contributed by atoms with E-state index in [2.05, 4.69) is 5.10 Å². The quantitative estimate of drug-likeness (QED) is 0.764. The Labute approximate surface area is 130 Å².